The third kappa shape index (κ3) is 3.35. The maximum atomic E-state index is 12.7. The molecule has 0 bridgehead atoms. The third-order valence-electron chi connectivity index (χ3n) is 3.65. The van der Waals surface area contributed by atoms with Gasteiger partial charge in [0.15, 0.2) is 5.82 Å². The smallest absolute Gasteiger partial charge is 0.325 e. The van der Waals surface area contributed by atoms with Crippen molar-refractivity contribution in [2.75, 3.05) is 5.32 Å². The van der Waals surface area contributed by atoms with E-state index in [9.17, 15) is 9.59 Å². The number of hydrogen-bond donors (Lipinski definition) is 2. The molecule has 0 aliphatic heterocycles. The van der Waals surface area contributed by atoms with Gasteiger partial charge in [0.05, 0.1) is 16.6 Å². The molecular weight excluding hydrogens is 326 g/mol. The molecule has 0 atom stereocenters. The fraction of sp³-hybridized carbons (Fsp3) is 0.312. The Morgan fingerprint density at radius 3 is 2.84 bits per heavy atom. The van der Waals surface area contributed by atoms with Crippen LogP contribution in [0.1, 0.15) is 41.5 Å². The second-order valence-electron chi connectivity index (χ2n) is 5.94. The number of hydrogen-bond acceptors (Lipinski definition) is 6. The Kier molecular flexibility index (Phi) is 4.22. The van der Waals surface area contributed by atoms with E-state index in [1.165, 1.54) is 16.9 Å². The number of carbonyl (C=O) groups excluding carboxylic acids is 1. The number of aryl methyl sites for hydroxylation is 1. The number of rotatable bonds is 5. The van der Waals surface area contributed by atoms with Crippen LogP contribution in [0.5, 0.6) is 0 Å². The van der Waals surface area contributed by atoms with Gasteiger partial charge in [0.2, 0.25) is 0 Å². The second kappa shape index (κ2) is 6.34. The summed E-state index contributed by atoms with van der Waals surface area (Å²) >= 11 is 0. The van der Waals surface area contributed by atoms with Crippen LogP contribution in [0.4, 0.5) is 5.82 Å². The summed E-state index contributed by atoms with van der Waals surface area (Å²) in [7, 11) is 0. The maximum absolute atomic E-state index is 12.7. The summed E-state index contributed by atoms with van der Waals surface area (Å²) in [5.74, 6) is -1.03. The number of nitrogens with zero attached hydrogens (tertiary/aromatic N) is 4. The molecule has 130 valence electrons. The first-order valence-corrected chi connectivity index (χ1v) is 7.68. The lowest BCUT2D eigenvalue weighted by Crippen LogP contribution is -2.15. The molecular formula is C16H17N5O4. The van der Waals surface area contributed by atoms with Crippen molar-refractivity contribution in [2.45, 2.75) is 33.2 Å². The molecule has 3 rings (SSSR count). The minimum absolute atomic E-state index is 0.108. The molecule has 0 radical (unpaired) electrons. The van der Waals surface area contributed by atoms with Gasteiger partial charge in [-0.15, -0.1) is 0 Å². The summed E-state index contributed by atoms with van der Waals surface area (Å²) in [6.07, 6.45) is 1.48. The van der Waals surface area contributed by atoms with Gasteiger partial charge in [0, 0.05) is 18.0 Å². The van der Waals surface area contributed by atoms with Gasteiger partial charge in [-0.25, -0.2) is 4.98 Å². The molecule has 9 heteroatoms. The van der Waals surface area contributed by atoms with Crippen LogP contribution in [0.2, 0.25) is 0 Å². The molecule has 1 amide bonds. The van der Waals surface area contributed by atoms with E-state index in [2.05, 4.69) is 20.6 Å². The van der Waals surface area contributed by atoms with Gasteiger partial charge >= 0.3 is 5.97 Å². The highest BCUT2D eigenvalue weighted by Crippen LogP contribution is 2.25. The average Bonchev–Trinajstić information content (AvgIpc) is 3.12. The van der Waals surface area contributed by atoms with Gasteiger partial charge in [-0.2, -0.15) is 5.10 Å². The van der Waals surface area contributed by atoms with Crippen molar-refractivity contribution >= 4 is 28.8 Å². The quantitative estimate of drug-likeness (QED) is 0.727. The summed E-state index contributed by atoms with van der Waals surface area (Å²) in [5.41, 5.74) is 1.98. The highest BCUT2D eigenvalue weighted by Gasteiger charge is 2.20. The number of nitrogens with one attached hydrogen (secondary N) is 1. The molecule has 3 aromatic rings. The topological polar surface area (TPSA) is 123 Å². The van der Waals surface area contributed by atoms with Gasteiger partial charge < -0.3 is 14.9 Å². The lowest BCUT2D eigenvalue weighted by atomic mass is 10.0. The first-order valence-electron chi connectivity index (χ1n) is 7.68. The zero-order valence-corrected chi connectivity index (χ0v) is 14.0. The lowest BCUT2D eigenvalue weighted by Gasteiger charge is -2.08. The van der Waals surface area contributed by atoms with Crippen molar-refractivity contribution in [1.29, 1.82) is 0 Å². The molecule has 9 nitrogen and oxygen atoms in total. The van der Waals surface area contributed by atoms with Crippen LogP contribution in [-0.4, -0.2) is 36.9 Å². The Hall–Kier alpha value is -3.23. The zero-order valence-electron chi connectivity index (χ0n) is 14.0. The Morgan fingerprint density at radius 2 is 2.16 bits per heavy atom. The standard InChI is InChI=1S/C16H17N5O4/c1-8(2)11-6-10(14-9(3)20-25-16(14)17-11)15(24)18-12-4-5-21(19-12)7-13(22)23/h4-6,8H,7H2,1-3H3,(H,22,23)(H,18,19,24). The fourth-order valence-electron chi connectivity index (χ4n) is 2.43. The van der Waals surface area contributed by atoms with Gasteiger partial charge in [0.1, 0.15) is 6.54 Å². The summed E-state index contributed by atoms with van der Waals surface area (Å²) in [6, 6.07) is 3.24. The summed E-state index contributed by atoms with van der Waals surface area (Å²) in [4.78, 5) is 27.8. The number of carboxylic acid groups (broad SMARTS) is 1. The molecule has 3 aromatic heterocycles. The number of aromatic nitrogens is 4. The summed E-state index contributed by atoms with van der Waals surface area (Å²) in [6.45, 7) is 5.39. The molecule has 2 N–H and O–H groups in total. The number of carbonyl (C=O) groups is 2. The molecule has 0 spiro atoms. The van der Waals surface area contributed by atoms with Gasteiger partial charge in [-0.3, -0.25) is 14.3 Å². The number of carboxylic acids is 1. The monoisotopic (exact) mass is 343 g/mol. The third-order valence-corrected chi connectivity index (χ3v) is 3.65. The van der Waals surface area contributed by atoms with E-state index in [1.807, 2.05) is 13.8 Å². The van der Waals surface area contributed by atoms with E-state index in [4.69, 9.17) is 9.63 Å². The minimum Gasteiger partial charge on any atom is -0.480 e. The number of fused-ring (bicyclic) bond motifs is 1. The summed E-state index contributed by atoms with van der Waals surface area (Å²) < 4.78 is 6.43. The first kappa shape index (κ1) is 16.6. The minimum atomic E-state index is -1.02. The van der Waals surface area contributed by atoms with E-state index in [1.54, 1.807) is 13.0 Å². The van der Waals surface area contributed by atoms with Crippen molar-refractivity contribution in [3.8, 4) is 0 Å². The van der Waals surface area contributed by atoms with Gasteiger partial charge in [0.25, 0.3) is 11.6 Å². The molecule has 3 heterocycles. The Balaban J connectivity index is 1.94. The van der Waals surface area contributed by atoms with Gasteiger partial charge in [-0.1, -0.05) is 19.0 Å². The molecule has 0 aliphatic carbocycles. The van der Waals surface area contributed by atoms with Crippen LogP contribution in [0.15, 0.2) is 22.9 Å². The first-order chi connectivity index (χ1) is 11.8. The van der Waals surface area contributed by atoms with Crippen LogP contribution in [-0.2, 0) is 11.3 Å². The number of amides is 1. The van der Waals surface area contributed by atoms with Crippen LogP contribution in [0.25, 0.3) is 11.1 Å². The zero-order chi connectivity index (χ0) is 18.1. The molecule has 0 unspecified atom stereocenters. The van der Waals surface area contributed by atoms with Gasteiger partial charge in [-0.05, 0) is 18.9 Å². The predicted molar refractivity (Wildman–Crippen MR) is 88.4 cm³/mol. The fourth-order valence-corrected chi connectivity index (χ4v) is 2.43. The van der Waals surface area contributed by atoms with Crippen LogP contribution >= 0.6 is 0 Å². The number of pyridine rings is 1. The van der Waals surface area contributed by atoms with Crippen molar-refractivity contribution < 1.29 is 19.2 Å². The molecule has 0 aromatic carbocycles. The summed E-state index contributed by atoms with van der Waals surface area (Å²) in [5, 5.41) is 19.9. The Labute approximate surface area is 142 Å². The largest absolute Gasteiger partial charge is 0.480 e. The van der Waals surface area contributed by atoms with Crippen LogP contribution in [0.3, 0.4) is 0 Å². The highest BCUT2D eigenvalue weighted by atomic mass is 16.5. The van der Waals surface area contributed by atoms with Crippen molar-refractivity contribution in [1.82, 2.24) is 19.9 Å². The molecule has 0 saturated heterocycles. The molecule has 0 aliphatic rings. The predicted octanol–water partition coefficient (Wildman–Crippen LogP) is 2.19. The number of anilines is 1. The molecule has 25 heavy (non-hydrogen) atoms. The van der Waals surface area contributed by atoms with Crippen LogP contribution in [0, 0.1) is 6.92 Å². The van der Waals surface area contributed by atoms with E-state index in [0.29, 0.717) is 28.1 Å². The SMILES string of the molecule is Cc1noc2nc(C(C)C)cc(C(=O)Nc3ccn(CC(=O)O)n3)c12. The van der Waals surface area contributed by atoms with E-state index >= 15 is 0 Å². The van der Waals surface area contributed by atoms with E-state index in [0.717, 1.165) is 0 Å². The van der Waals surface area contributed by atoms with Crippen LogP contribution < -0.4 is 5.32 Å². The molecule has 0 saturated carbocycles. The van der Waals surface area contributed by atoms with Crippen molar-refractivity contribution in [3.63, 3.8) is 0 Å². The average molecular weight is 343 g/mol. The Bertz CT molecular complexity index is 957. The van der Waals surface area contributed by atoms with Crippen molar-refractivity contribution in [3.05, 3.63) is 35.3 Å². The number of aliphatic carboxylic acids is 1. The van der Waals surface area contributed by atoms with E-state index in [-0.39, 0.29) is 24.2 Å². The normalized spacial score (nSPS) is 11.2. The van der Waals surface area contributed by atoms with Crippen molar-refractivity contribution in [2.24, 2.45) is 0 Å². The van der Waals surface area contributed by atoms with E-state index < -0.39 is 5.97 Å². The second-order valence-corrected chi connectivity index (χ2v) is 5.94. The molecule has 0 fully saturated rings. The maximum Gasteiger partial charge on any atom is 0.325 e. The lowest BCUT2D eigenvalue weighted by molar-refractivity contribution is -0.137. The Morgan fingerprint density at radius 1 is 1.40 bits per heavy atom. The highest BCUT2D eigenvalue weighted by molar-refractivity contribution is 6.12.